The summed E-state index contributed by atoms with van der Waals surface area (Å²) in [6, 6.07) is 2.25. The molecule has 2 aromatic rings. The molecule has 7 heteroatoms. The van der Waals surface area contributed by atoms with Crippen molar-refractivity contribution in [2.45, 2.75) is 39.3 Å². The third-order valence-corrected chi connectivity index (χ3v) is 5.35. The summed E-state index contributed by atoms with van der Waals surface area (Å²) in [6.45, 7) is 7.83. The van der Waals surface area contributed by atoms with Crippen LogP contribution in [0.15, 0.2) is 18.5 Å². The van der Waals surface area contributed by atoms with E-state index in [0.29, 0.717) is 6.04 Å². The smallest absolute Gasteiger partial charge is 0.257 e. The highest BCUT2D eigenvalue weighted by Gasteiger charge is 2.28. The summed E-state index contributed by atoms with van der Waals surface area (Å²) >= 11 is 0. The van der Waals surface area contributed by atoms with Crippen LogP contribution in [0.2, 0.25) is 0 Å². The van der Waals surface area contributed by atoms with Gasteiger partial charge in [-0.15, -0.1) is 0 Å². The van der Waals surface area contributed by atoms with Gasteiger partial charge in [0.05, 0.1) is 17.8 Å². The van der Waals surface area contributed by atoms with Crippen LogP contribution in [0.5, 0.6) is 0 Å². The fourth-order valence-electron chi connectivity index (χ4n) is 3.63. The normalized spacial score (nSPS) is 16.3. The molecule has 3 heterocycles. The Hall–Kier alpha value is -2.15. The second kappa shape index (κ2) is 7.39. The van der Waals surface area contributed by atoms with Crippen molar-refractivity contribution in [3.05, 3.63) is 35.4 Å². The van der Waals surface area contributed by atoms with Gasteiger partial charge in [0.2, 0.25) is 0 Å². The molecule has 0 unspecified atom stereocenters. The first kappa shape index (κ1) is 17.7. The molecule has 1 fully saturated rings. The summed E-state index contributed by atoms with van der Waals surface area (Å²) in [4.78, 5) is 17.3. The molecule has 1 aliphatic rings. The average molecular weight is 344 g/mol. The molecular weight excluding hydrogens is 316 g/mol. The maximum Gasteiger partial charge on any atom is 0.257 e. The summed E-state index contributed by atoms with van der Waals surface area (Å²) in [6.07, 6.45) is 5.84. The van der Waals surface area contributed by atoms with Crippen LogP contribution >= 0.6 is 0 Å². The second-order valence-electron chi connectivity index (χ2n) is 6.93. The topological polar surface area (TPSA) is 59.2 Å². The van der Waals surface area contributed by atoms with Crippen molar-refractivity contribution in [2.75, 3.05) is 26.7 Å². The molecule has 25 heavy (non-hydrogen) atoms. The summed E-state index contributed by atoms with van der Waals surface area (Å²) < 4.78 is 3.75. The van der Waals surface area contributed by atoms with E-state index >= 15 is 0 Å². The number of hydrogen-bond donors (Lipinski definition) is 0. The number of amides is 1. The maximum atomic E-state index is 12.9. The highest BCUT2D eigenvalue weighted by Crippen LogP contribution is 2.20. The molecule has 1 amide bonds. The first-order valence-electron chi connectivity index (χ1n) is 8.94. The van der Waals surface area contributed by atoms with Crippen molar-refractivity contribution in [1.29, 1.82) is 0 Å². The van der Waals surface area contributed by atoms with Crippen molar-refractivity contribution in [3.63, 3.8) is 0 Å². The lowest BCUT2D eigenvalue weighted by Crippen LogP contribution is -2.46. The van der Waals surface area contributed by atoms with Crippen molar-refractivity contribution in [2.24, 2.45) is 7.05 Å². The summed E-state index contributed by atoms with van der Waals surface area (Å²) in [5.74, 6) is 0.0955. The predicted molar refractivity (Wildman–Crippen MR) is 96.5 cm³/mol. The number of piperidine rings is 1. The Kier molecular flexibility index (Phi) is 5.22. The lowest BCUT2D eigenvalue weighted by Gasteiger charge is -2.36. The average Bonchev–Trinajstić information content (AvgIpc) is 3.21. The van der Waals surface area contributed by atoms with E-state index in [1.165, 1.54) is 0 Å². The van der Waals surface area contributed by atoms with E-state index in [2.05, 4.69) is 15.1 Å². The molecule has 2 aromatic heterocycles. The van der Waals surface area contributed by atoms with Crippen LogP contribution < -0.4 is 0 Å². The van der Waals surface area contributed by atoms with Crippen LogP contribution in [0.1, 0.15) is 34.6 Å². The van der Waals surface area contributed by atoms with Crippen LogP contribution in [0, 0.1) is 13.8 Å². The van der Waals surface area contributed by atoms with Gasteiger partial charge in [-0.1, -0.05) is 0 Å². The van der Waals surface area contributed by atoms with Gasteiger partial charge in [-0.3, -0.25) is 14.2 Å². The van der Waals surface area contributed by atoms with Gasteiger partial charge in [0.1, 0.15) is 0 Å². The number of likely N-dealkylation sites (tertiary alicyclic amines) is 1. The molecule has 136 valence electrons. The number of carbonyl (C=O) groups excluding carboxylic acids is 1. The number of aryl methyl sites for hydroxylation is 2. The fourth-order valence-corrected chi connectivity index (χ4v) is 3.63. The lowest BCUT2D eigenvalue weighted by atomic mass is 10.0. The Labute approximate surface area is 149 Å². The van der Waals surface area contributed by atoms with Crippen molar-refractivity contribution < 1.29 is 4.79 Å². The number of hydrogen-bond acceptors (Lipinski definition) is 4. The maximum absolute atomic E-state index is 12.9. The molecule has 0 spiro atoms. The van der Waals surface area contributed by atoms with Gasteiger partial charge in [0, 0.05) is 57.9 Å². The van der Waals surface area contributed by atoms with Crippen molar-refractivity contribution >= 4 is 5.91 Å². The highest BCUT2D eigenvalue weighted by molar-refractivity contribution is 5.96. The third kappa shape index (κ3) is 3.76. The van der Waals surface area contributed by atoms with Gasteiger partial charge >= 0.3 is 0 Å². The lowest BCUT2D eigenvalue weighted by molar-refractivity contribution is 0.0637. The van der Waals surface area contributed by atoms with Gasteiger partial charge in [0.25, 0.3) is 5.91 Å². The molecule has 0 N–H and O–H groups in total. The molecule has 0 atom stereocenters. The van der Waals surface area contributed by atoms with Gasteiger partial charge < -0.3 is 9.80 Å². The van der Waals surface area contributed by atoms with Crippen molar-refractivity contribution in [3.8, 4) is 0 Å². The molecule has 1 saturated heterocycles. The molecule has 0 bridgehead atoms. The van der Waals surface area contributed by atoms with Crippen LogP contribution in [-0.4, -0.2) is 68.0 Å². The Bertz CT molecular complexity index is 712. The Morgan fingerprint density at radius 1 is 1.28 bits per heavy atom. The Morgan fingerprint density at radius 2 is 2.00 bits per heavy atom. The van der Waals surface area contributed by atoms with E-state index in [1.54, 1.807) is 4.68 Å². The molecule has 0 radical (unpaired) electrons. The van der Waals surface area contributed by atoms with Gasteiger partial charge in [-0.25, -0.2) is 0 Å². The molecule has 0 saturated carbocycles. The monoisotopic (exact) mass is 344 g/mol. The van der Waals surface area contributed by atoms with Gasteiger partial charge in [-0.05, 0) is 32.8 Å². The molecule has 1 aliphatic heterocycles. The zero-order valence-corrected chi connectivity index (χ0v) is 15.6. The first-order chi connectivity index (χ1) is 12.0. The van der Waals surface area contributed by atoms with Crippen LogP contribution in [0.25, 0.3) is 0 Å². The van der Waals surface area contributed by atoms with Crippen molar-refractivity contribution in [1.82, 2.24) is 29.4 Å². The molecule has 0 aliphatic carbocycles. The van der Waals surface area contributed by atoms with Gasteiger partial charge in [0.15, 0.2) is 0 Å². The van der Waals surface area contributed by atoms with E-state index in [9.17, 15) is 4.79 Å². The van der Waals surface area contributed by atoms with E-state index < -0.39 is 0 Å². The highest BCUT2D eigenvalue weighted by atomic mass is 16.2. The molecular formula is C18H28N6O. The predicted octanol–water partition coefficient (Wildman–Crippen LogP) is 1.47. The van der Waals surface area contributed by atoms with E-state index in [4.69, 9.17) is 0 Å². The Balaban J connectivity index is 1.54. The minimum Gasteiger partial charge on any atom is -0.339 e. The zero-order chi connectivity index (χ0) is 18.0. The number of carbonyl (C=O) groups is 1. The second-order valence-corrected chi connectivity index (χ2v) is 6.93. The largest absolute Gasteiger partial charge is 0.339 e. The quantitative estimate of drug-likeness (QED) is 0.824. The Morgan fingerprint density at radius 3 is 2.56 bits per heavy atom. The number of nitrogens with zero attached hydrogens (tertiary/aromatic N) is 6. The molecule has 0 aromatic carbocycles. The van der Waals surface area contributed by atoms with E-state index in [-0.39, 0.29) is 5.91 Å². The minimum absolute atomic E-state index is 0.0955. The minimum atomic E-state index is 0.0955. The van der Waals surface area contributed by atoms with E-state index in [1.807, 2.05) is 56.0 Å². The van der Waals surface area contributed by atoms with E-state index in [0.717, 1.165) is 56.0 Å². The standard InChI is InChI=1S/C18H28N6O/c1-14-17(15(2)22(4)20-14)18(25)21(3)16-6-10-23(11-7-16)12-13-24-9-5-8-19-24/h5,8-9,16H,6-7,10-13H2,1-4H3. The van der Waals surface area contributed by atoms with Gasteiger partial charge in [-0.2, -0.15) is 10.2 Å². The van der Waals surface area contributed by atoms with Crippen LogP contribution in [-0.2, 0) is 13.6 Å². The molecule has 3 rings (SSSR count). The number of aromatic nitrogens is 4. The third-order valence-electron chi connectivity index (χ3n) is 5.35. The zero-order valence-electron chi connectivity index (χ0n) is 15.6. The first-order valence-corrected chi connectivity index (χ1v) is 8.94. The fraction of sp³-hybridized carbons (Fsp3) is 0.611. The SMILES string of the molecule is Cc1nn(C)c(C)c1C(=O)N(C)C1CCN(CCn2cccn2)CC1. The summed E-state index contributed by atoms with van der Waals surface area (Å²) in [5.41, 5.74) is 2.51. The summed E-state index contributed by atoms with van der Waals surface area (Å²) in [5, 5.41) is 8.62. The summed E-state index contributed by atoms with van der Waals surface area (Å²) in [7, 11) is 3.81. The molecule has 7 nitrogen and oxygen atoms in total. The van der Waals surface area contributed by atoms with Crippen LogP contribution in [0.3, 0.4) is 0 Å². The number of rotatable bonds is 5. The van der Waals surface area contributed by atoms with Crippen LogP contribution in [0.4, 0.5) is 0 Å².